The van der Waals surface area contributed by atoms with Crippen LogP contribution < -0.4 is 5.32 Å². The van der Waals surface area contributed by atoms with E-state index >= 15 is 0 Å². The minimum atomic E-state index is -0.275. The zero-order valence-corrected chi connectivity index (χ0v) is 12.6. The van der Waals surface area contributed by atoms with Crippen LogP contribution in [0.15, 0.2) is 36.5 Å². The average Bonchev–Trinajstić information content (AvgIpc) is 2.46. The lowest BCUT2D eigenvalue weighted by molar-refractivity contribution is 0.0903. The van der Waals surface area contributed by atoms with Crippen molar-refractivity contribution >= 4 is 28.4 Å². The Labute approximate surface area is 124 Å². The molecule has 0 aliphatic carbocycles. The highest BCUT2D eigenvalue weighted by Gasteiger charge is 2.24. The van der Waals surface area contributed by atoms with Crippen LogP contribution in [0.25, 0.3) is 10.9 Å². The van der Waals surface area contributed by atoms with Crippen molar-refractivity contribution in [2.75, 3.05) is 5.88 Å². The van der Waals surface area contributed by atoms with Crippen molar-refractivity contribution in [2.45, 2.75) is 32.2 Å². The molecule has 0 aliphatic rings. The number of para-hydroxylation sites is 1. The van der Waals surface area contributed by atoms with Gasteiger partial charge in [0.2, 0.25) is 0 Å². The molecule has 1 amide bonds. The van der Waals surface area contributed by atoms with Crippen molar-refractivity contribution in [3.63, 3.8) is 0 Å². The van der Waals surface area contributed by atoms with E-state index in [9.17, 15) is 4.79 Å². The molecule has 2 aromatic rings. The molecular weight excluding hydrogens is 272 g/mol. The Kier molecular flexibility index (Phi) is 4.61. The first-order chi connectivity index (χ1) is 9.59. The highest BCUT2D eigenvalue weighted by Crippen LogP contribution is 2.20. The number of carbonyl (C=O) groups excluding carboxylic acids is 1. The van der Waals surface area contributed by atoms with Crippen LogP contribution in [0.2, 0.25) is 0 Å². The van der Waals surface area contributed by atoms with Gasteiger partial charge in [0.05, 0.1) is 11.1 Å². The number of aromatic nitrogens is 1. The van der Waals surface area contributed by atoms with Crippen LogP contribution in [0, 0.1) is 0 Å². The van der Waals surface area contributed by atoms with Gasteiger partial charge in [-0.1, -0.05) is 25.1 Å². The summed E-state index contributed by atoms with van der Waals surface area (Å²) in [6.45, 7) is 4.08. The van der Waals surface area contributed by atoms with Crippen LogP contribution in [-0.2, 0) is 0 Å². The van der Waals surface area contributed by atoms with Crippen LogP contribution >= 0.6 is 11.6 Å². The summed E-state index contributed by atoms with van der Waals surface area (Å²) in [4.78, 5) is 16.8. The number of benzene rings is 1. The van der Waals surface area contributed by atoms with E-state index in [0.29, 0.717) is 11.4 Å². The molecule has 0 bridgehead atoms. The molecule has 1 unspecified atom stereocenters. The van der Waals surface area contributed by atoms with Crippen molar-refractivity contribution in [2.24, 2.45) is 0 Å². The van der Waals surface area contributed by atoms with E-state index in [4.69, 9.17) is 11.6 Å². The number of nitrogens with zero attached hydrogens (tertiary/aromatic N) is 1. The van der Waals surface area contributed by atoms with E-state index in [1.807, 2.05) is 31.2 Å². The molecule has 1 aromatic carbocycles. The number of carbonyl (C=O) groups is 1. The third kappa shape index (κ3) is 3.10. The molecule has 1 heterocycles. The molecule has 0 spiro atoms. The Morgan fingerprint density at radius 1 is 1.35 bits per heavy atom. The molecule has 106 valence electrons. The monoisotopic (exact) mass is 290 g/mol. The Morgan fingerprint density at radius 3 is 2.80 bits per heavy atom. The minimum absolute atomic E-state index is 0.0712. The molecule has 0 radical (unpaired) electrons. The lowest BCUT2D eigenvalue weighted by atomic mass is 9.94. The lowest BCUT2D eigenvalue weighted by Crippen LogP contribution is -2.45. The summed E-state index contributed by atoms with van der Waals surface area (Å²) >= 11 is 5.83. The standard InChI is InChI=1S/C16H19ClN2O/c1-3-16(2,9-10-17)19-15(20)13-8-11-18-14-7-5-4-6-12(13)14/h4-8,11H,3,9-10H2,1-2H3,(H,19,20). The van der Waals surface area contributed by atoms with E-state index in [2.05, 4.69) is 17.2 Å². The molecule has 0 aliphatic heterocycles. The molecular formula is C16H19ClN2O. The molecule has 0 fully saturated rings. The second kappa shape index (κ2) is 6.23. The molecule has 1 aromatic heterocycles. The fourth-order valence-corrected chi connectivity index (χ4v) is 2.59. The maximum atomic E-state index is 12.5. The minimum Gasteiger partial charge on any atom is -0.347 e. The van der Waals surface area contributed by atoms with Gasteiger partial charge in [0, 0.05) is 23.0 Å². The molecule has 1 atom stereocenters. The summed E-state index contributed by atoms with van der Waals surface area (Å²) in [5.74, 6) is 0.458. The predicted octanol–water partition coefficient (Wildman–Crippen LogP) is 3.76. The molecule has 3 nitrogen and oxygen atoms in total. The fourth-order valence-electron chi connectivity index (χ4n) is 2.17. The normalized spacial score (nSPS) is 13.9. The van der Waals surface area contributed by atoms with Crippen LogP contribution in [-0.4, -0.2) is 22.3 Å². The van der Waals surface area contributed by atoms with E-state index in [0.717, 1.165) is 23.7 Å². The predicted molar refractivity (Wildman–Crippen MR) is 83.2 cm³/mol. The number of amides is 1. The van der Waals surface area contributed by atoms with Crippen molar-refractivity contribution < 1.29 is 4.79 Å². The van der Waals surface area contributed by atoms with Gasteiger partial charge in [0.1, 0.15) is 0 Å². The molecule has 2 rings (SSSR count). The number of pyridine rings is 1. The summed E-state index contributed by atoms with van der Waals surface area (Å²) in [5, 5.41) is 3.97. The van der Waals surface area contributed by atoms with Gasteiger partial charge in [0.15, 0.2) is 0 Å². The van der Waals surface area contributed by atoms with Gasteiger partial charge in [-0.25, -0.2) is 0 Å². The van der Waals surface area contributed by atoms with Crippen molar-refractivity contribution in [3.05, 3.63) is 42.1 Å². The Morgan fingerprint density at radius 2 is 2.10 bits per heavy atom. The molecule has 20 heavy (non-hydrogen) atoms. The summed E-state index contributed by atoms with van der Waals surface area (Å²) in [6.07, 6.45) is 3.26. The van der Waals surface area contributed by atoms with Gasteiger partial charge in [-0.2, -0.15) is 0 Å². The van der Waals surface area contributed by atoms with E-state index in [1.54, 1.807) is 12.3 Å². The van der Waals surface area contributed by atoms with Gasteiger partial charge in [-0.15, -0.1) is 11.6 Å². The van der Waals surface area contributed by atoms with Gasteiger partial charge in [0.25, 0.3) is 5.91 Å². The highest BCUT2D eigenvalue weighted by molar-refractivity contribution is 6.18. The number of nitrogens with one attached hydrogen (secondary N) is 1. The Bertz CT molecular complexity index is 609. The topological polar surface area (TPSA) is 42.0 Å². The first-order valence-electron chi connectivity index (χ1n) is 6.82. The van der Waals surface area contributed by atoms with Crippen LogP contribution in [0.3, 0.4) is 0 Å². The average molecular weight is 291 g/mol. The van der Waals surface area contributed by atoms with Crippen molar-refractivity contribution in [3.8, 4) is 0 Å². The Balaban J connectivity index is 2.32. The number of hydrogen-bond donors (Lipinski definition) is 1. The van der Waals surface area contributed by atoms with Gasteiger partial charge in [-0.05, 0) is 31.9 Å². The number of rotatable bonds is 5. The van der Waals surface area contributed by atoms with Crippen molar-refractivity contribution in [1.82, 2.24) is 10.3 Å². The van der Waals surface area contributed by atoms with Gasteiger partial charge in [-0.3, -0.25) is 9.78 Å². The second-order valence-corrected chi connectivity index (χ2v) is 5.56. The lowest BCUT2D eigenvalue weighted by Gasteiger charge is -2.29. The van der Waals surface area contributed by atoms with E-state index in [1.165, 1.54) is 0 Å². The molecule has 1 N–H and O–H groups in total. The smallest absolute Gasteiger partial charge is 0.252 e. The third-order valence-corrected chi connectivity index (χ3v) is 3.92. The van der Waals surface area contributed by atoms with Gasteiger partial charge >= 0.3 is 0 Å². The Hall–Kier alpha value is -1.61. The first-order valence-corrected chi connectivity index (χ1v) is 7.35. The summed E-state index contributed by atoms with van der Waals surface area (Å²) in [6, 6.07) is 9.42. The summed E-state index contributed by atoms with van der Waals surface area (Å²) in [5.41, 5.74) is 1.21. The number of alkyl halides is 1. The largest absolute Gasteiger partial charge is 0.347 e. The highest BCUT2D eigenvalue weighted by atomic mass is 35.5. The molecule has 0 saturated heterocycles. The number of hydrogen-bond acceptors (Lipinski definition) is 2. The van der Waals surface area contributed by atoms with Crippen LogP contribution in [0.4, 0.5) is 0 Å². The fraction of sp³-hybridized carbons (Fsp3) is 0.375. The maximum absolute atomic E-state index is 12.5. The number of fused-ring (bicyclic) bond motifs is 1. The first kappa shape index (κ1) is 14.8. The third-order valence-electron chi connectivity index (χ3n) is 3.74. The van der Waals surface area contributed by atoms with Crippen molar-refractivity contribution in [1.29, 1.82) is 0 Å². The number of halogens is 1. The molecule has 4 heteroatoms. The zero-order chi connectivity index (χ0) is 14.6. The maximum Gasteiger partial charge on any atom is 0.252 e. The van der Waals surface area contributed by atoms with Crippen LogP contribution in [0.1, 0.15) is 37.0 Å². The second-order valence-electron chi connectivity index (χ2n) is 5.18. The van der Waals surface area contributed by atoms with E-state index < -0.39 is 0 Å². The van der Waals surface area contributed by atoms with Crippen LogP contribution in [0.5, 0.6) is 0 Å². The quantitative estimate of drug-likeness (QED) is 0.852. The van der Waals surface area contributed by atoms with Gasteiger partial charge < -0.3 is 5.32 Å². The summed E-state index contributed by atoms with van der Waals surface area (Å²) < 4.78 is 0. The SMILES string of the molecule is CCC(C)(CCCl)NC(=O)c1ccnc2ccccc12. The zero-order valence-electron chi connectivity index (χ0n) is 11.8. The molecule has 0 saturated carbocycles. The van der Waals surface area contributed by atoms with E-state index in [-0.39, 0.29) is 11.4 Å². The summed E-state index contributed by atoms with van der Waals surface area (Å²) in [7, 11) is 0.